The van der Waals surface area contributed by atoms with E-state index in [1.54, 1.807) is 19.9 Å². The van der Waals surface area contributed by atoms with Crippen molar-refractivity contribution in [2.24, 2.45) is 10.2 Å². The Morgan fingerprint density at radius 1 is 1.11 bits per heavy atom. The van der Waals surface area contributed by atoms with Crippen molar-refractivity contribution in [3.8, 4) is 11.5 Å². The van der Waals surface area contributed by atoms with Crippen molar-refractivity contribution in [3.05, 3.63) is 57.8 Å². The van der Waals surface area contributed by atoms with Crippen molar-refractivity contribution in [1.29, 1.82) is 0 Å². The van der Waals surface area contributed by atoms with E-state index >= 15 is 0 Å². The van der Waals surface area contributed by atoms with Crippen LogP contribution in [0, 0.1) is 11.6 Å². The molecule has 0 aliphatic rings. The number of rotatable bonds is 5. The molecular weight excluding hydrogens is 550 g/mol. The third kappa shape index (κ3) is 8.65. The van der Waals surface area contributed by atoms with Crippen LogP contribution in [0.4, 0.5) is 8.78 Å². The van der Waals surface area contributed by atoms with E-state index < -0.39 is 29.1 Å². The largest absolute Gasteiger partial charge is 0.505 e. The fraction of sp³-hybridized carbons (Fsp3) is 0.217. The number of amides is 2. The van der Waals surface area contributed by atoms with E-state index in [0.717, 1.165) is 12.1 Å². The van der Waals surface area contributed by atoms with Crippen LogP contribution in [0.5, 0.6) is 11.5 Å². The Morgan fingerprint density at radius 2 is 1.78 bits per heavy atom. The van der Waals surface area contributed by atoms with Crippen molar-refractivity contribution in [3.63, 3.8) is 0 Å². The Hall–Kier alpha value is -4.00. The summed E-state index contributed by atoms with van der Waals surface area (Å²) in [6.45, 7) is 3.62. The quantitative estimate of drug-likeness (QED) is 0.223. The second-order valence-corrected chi connectivity index (χ2v) is 6.98. The molecule has 0 unspecified atom stereocenters. The zero-order chi connectivity index (χ0) is 26.5. The van der Waals surface area contributed by atoms with Crippen LogP contribution in [0.2, 0.25) is 0 Å². The first kappa shape index (κ1) is 32.0. The van der Waals surface area contributed by atoms with Crippen molar-refractivity contribution < 1.29 is 47.3 Å². The first-order valence-corrected chi connectivity index (χ1v) is 10.5. The predicted octanol–water partition coefficient (Wildman–Crippen LogP) is 5.73. The van der Waals surface area contributed by atoms with Crippen molar-refractivity contribution in [2.45, 2.75) is 27.7 Å². The van der Waals surface area contributed by atoms with Crippen LogP contribution in [0.25, 0.3) is 11.0 Å². The molecule has 2 amide bonds. The predicted molar refractivity (Wildman–Crippen MR) is 128 cm³/mol. The number of phenolic OH excluding ortho intramolecular Hbond substituents is 2. The Kier molecular flexibility index (Phi) is 14.1. The molecule has 13 heteroatoms. The summed E-state index contributed by atoms with van der Waals surface area (Å²) in [6.07, 6.45) is 2.03. The molecule has 0 atom stereocenters. The number of hydrogen-bond donors (Lipinski definition) is 2. The summed E-state index contributed by atoms with van der Waals surface area (Å²) in [5.74, 6) is -4.07. The minimum absolute atomic E-state index is 0. The maximum atomic E-state index is 13.6. The lowest BCUT2D eigenvalue weighted by Crippen LogP contribution is -2.03. The van der Waals surface area contributed by atoms with Crippen molar-refractivity contribution in [1.82, 2.24) is 0 Å². The summed E-state index contributed by atoms with van der Waals surface area (Å²) >= 11 is 3.04. The number of carbonyl (C=O) groups excluding carboxylic acids is 4. The van der Waals surface area contributed by atoms with Gasteiger partial charge in [-0.1, -0.05) is 14.4 Å². The van der Waals surface area contributed by atoms with Crippen LogP contribution >= 0.6 is 15.9 Å². The normalized spacial score (nSPS) is 9.81. The van der Waals surface area contributed by atoms with E-state index in [-0.39, 0.29) is 49.5 Å². The van der Waals surface area contributed by atoms with E-state index in [9.17, 15) is 28.0 Å². The first-order valence-electron chi connectivity index (χ1n) is 9.67. The molecule has 0 aliphatic heterocycles. The number of aldehydes is 1. The van der Waals surface area contributed by atoms with Gasteiger partial charge in [-0.25, -0.2) is 9.18 Å². The van der Waals surface area contributed by atoms with Gasteiger partial charge in [0.15, 0.2) is 29.2 Å². The average molecular weight is 573 g/mol. The number of esters is 1. The summed E-state index contributed by atoms with van der Waals surface area (Å²) in [5.41, 5.74) is 0.112. The fourth-order valence-electron chi connectivity index (χ4n) is 2.23. The van der Waals surface area contributed by atoms with Gasteiger partial charge < -0.3 is 19.4 Å². The number of carbonyl (C=O) groups is 4. The maximum absolute atomic E-state index is 13.6. The highest BCUT2D eigenvalue weighted by Crippen LogP contribution is 2.29. The van der Waals surface area contributed by atoms with Gasteiger partial charge >= 0.3 is 5.97 Å². The third-order valence-electron chi connectivity index (χ3n) is 3.90. The van der Waals surface area contributed by atoms with Crippen LogP contribution in [0.15, 0.2) is 49.6 Å². The molecule has 0 fully saturated rings. The lowest BCUT2D eigenvalue weighted by Gasteiger charge is -1.99. The summed E-state index contributed by atoms with van der Waals surface area (Å²) < 4.78 is 36.2. The van der Waals surface area contributed by atoms with Crippen LogP contribution in [0.1, 0.15) is 48.4 Å². The van der Waals surface area contributed by atoms with E-state index in [1.807, 2.05) is 0 Å². The molecule has 0 saturated heterocycles. The zero-order valence-electron chi connectivity index (χ0n) is 18.3. The topological polar surface area (TPSA) is 156 Å². The number of phenols is 2. The molecule has 0 spiro atoms. The van der Waals surface area contributed by atoms with Gasteiger partial charge in [0.1, 0.15) is 11.8 Å². The second kappa shape index (κ2) is 15.8. The smallest absolute Gasteiger partial charge is 0.342 e. The molecule has 194 valence electrons. The van der Waals surface area contributed by atoms with E-state index in [4.69, 9.17) is 19.4 Å². The Bertz CT molecular complexity index is 1240. The standard InChI is InChI=1S/C11H8BrFO3.C7H5FO3.C4H6N2O2.CH4/c1-2-15-11(14)7-5-16-10-6(7)3-4-8(12)9(10)13;8-6-5(10)2-1-4(3-9)7(6)11;1-2-4(8)6-5-3-7;/h3-5H,2H2,1H3;1-3,10-11H;3H,2H2,1H3;1H4. The van der Waals surface area contributed by atoms with Crippen LogP contribution in [-0.2, 0) is 14.3 Å². The van der Waals surface area contributed by atoms with Crippen LogP contribution in [-0.4, -0.2) is 41.4 Å². The van der Waals surface area contributed by atoms with Crippen LogP contribution in [0.3, 0.4) is 0 Å². The molecule has 0 aliphatic carbocycles. The maximum Gasteiger partial charge on any atom is 0.342 e. The van der Waals surface area contributed by atoms with Gasteiger partial charge in [-0.05, 0) is 47.1 Å². The van der Waals surface area contributed by atoms with Crippen molar-refractivity contribution in [2.75, 3.05) is 6.61 Å². The number of halogens is 3. The minimum atomic E-state index is -1.17. The van der Waals surface area contributed by atoms with Gasteiger partial charge in [0, 0.05) is 11.8 Å². The Labute approximate surface area is 212 Å². The van der Waals surface area contributed by atoms with Gasteiger partial charge in [0.05, 0.1) is 16.6 Å². The molecule has 3 aromatic rings. The van der Waals surface area contributed by atoms with Gasteiger partial charge in [-0.2, -0.15) is 4.39 Å². The minimum Gasteiger partial charge on any atom is -0.505 e. The molecule has 1 aromatic heterocycles. The van der Waals surface area contributed by atoms with Crippen LogP contribution < -0.4 is 0 Å². The fourth-order valence-corrected chi connectivity index (χ4v) is 2.54. The highest BCUT2D eigenvalue weighted by Gasteiger charge is 2.18. The van der Waals surface area contributed by atoms with E-state index in [0.29, 0.717) is 16.1 Å². The number of azo groups is 1. The number of fused-ring (bicyclic) bond motifs is 1. The molecule has 2 N–H and O–H groups in total. The highest BCUT2D eigenvalue weighted by molar-refractivity contribution is 9.10. The Balaban J connectivity index is 0.000000539. The number of ether oxygens (including phenoxy) is 1. The lowest BCUT2D eigenvalue weighted by molar-refractivity contribution is -0.119. The van der Waals surface area contributed by atoms with Gasteiger partial charge in [0.25, 0.3) is 12.3 Å². The summed E-state index contributed by atoms with van der Waals surface area (Å²) in [4.78, 5) is 41.1. The number of aromatic hydroxyl groups is 2. The Morgan fingerprint density at radius 3 is 2.33 bits per heavy atom. The molecule has 36 heavy (non-hydrogen) atoms. The number of nitrogens with zero attached hydrogens (tertiary/aromatic N) is 2. The van der Waals surface area contributed by atoms with E-state index in [1.165, 1.54) is 12.3 Å². The van der Waals surface area contributed by atoms with E-state index in [2.05, 4.69) is 26.2 Å². The first-order chi connectivity index (χ1) is 16.6. The lowest BCUT2D eigenvalue weighted by atomic mass is 10.2. The van der Waals surface area contributed by atoms with Gasteiger partial charge in [-0.15, -0.1) is 10.2 Å². The van der Waals surface area contributed by atoms with Crippen molar-refractivity contribution >= 4 is 51.5 Å². The molecule has 2 aromatic carbocycles. The number of furan rings is 1. The van der Waals surface area contributed by atoms with Gasteiger partial charge in [-0.3, -0.25) is 14.4 Å². The molecule has 3 rings (SSSR count). The summed E-state index contributed by atoms with van der Waals surface area (Å²) in [5, 5.41) is 23.7. The molecule has 0 saturated carbocycles. The molecule has 1 heterocycles. The summed E-state index contributed by atoms with van der Waals surface area (Å²) in [6, 6.07) is 5.26. The number of hydrogen-bond acceptors (Lipinski definition) is 8. The molecular formula is C23H23BrF2N2O8. The molecule has 0 radical (unpaired) electrons. The highest BCUT2D eigenvalue weighted by atomic mass is 79.9. The third-order valence-corrected chi connectivity index (χ3v) is 4.52. The molecule has 10 nitrogen and oxygen atoms in total. The zero-order valence-corrected chi connectivity index (χ0v) is 19.9. The summed E-state index contributed by atoms with van der Waals surface area (Å²) in [7, 11) is 0. The average Bonchev–Trinajstić information content (AvgIpc) is 3.29. The second-order valence-electron chi connectivity index (χ2n) is 6.13. The molecule has 0 bridgehead atoms. The monoisotopic (exact) mass is 572 g/mol. The number of benzene rings is 2. The SMILES string of the molecule is C.CCC(=O)N=NC=O.CCOC(=O)c1coc2c(F)c(Br)ccc12.O=Cc1ccc(O)c(F)c1O. The van der Waals surface area contributed by atoms with Gasteiger partial charge in [0.2, 0.25) is 5.82 Å².